The molecule has 2 unspecified atom stereocenters. The highest BCUT2D eigenvalue weighted by Crippen LogP contribution is 2.53. The largest absolute Gasteiger partial charge is 0.477 e. The lowest BCUT2D eigenvalue weighted by Gasteiger charge is -2.43. The molecule has 1 fully saturated rings. The summed E-state index contributed by atoms with van der Waals surface area (Å²) in [6.45, 7) is 1.47. The first-order valence-electron chi connectivity index (χ1n) is 5.38. The number of amides is 1. The van der Waals surface area contributed by atoms with Crippen molar-refractivity contribution in [2.45, 2.75) is 18.4 Å². The van der Waals surface area contributed by atoms with Gasteiger partial charge in [0.2, 0.25) is 5.91 Å². The number of rotatable bonds is 5. The van der Waals surface area contributed by atoms with E-state index in [0.29, 0.717) is 9.99 Å². The van der Waals surface area contributed by atoms with E-state index in [0.717, 1.165) is 0 Å². The Morgan fingerprint density at radius 3 is 2.78 bits per heavy atom. The molecular formula is C10H13NO5S2. The zero-order chi connectivity index (χ0) is 13.4. The van der Waals surface area contributed by atoms with Crippen molar-refractivity contribution in [3.8, 4) is 0 Å². The number of fused-ring (bicyclic) bond motifs is 1. The van der Waals surface area contributed by atoms with E-state index >= 15 is 0 Å². The van der Waals surface area contributed by atoms with Crippen molar-refractivity contribution >= 4 is 35.4 Å². The summed E-state index contributed by atoms with van der Waals surface area (Å²) in [5, 5.41) is 27.1. The first-order valence-corrected chi connectivity index (χ1v) is 7.24. The molecule has 18 heavy (non-hydrogen) atoms. The summed E-state index contributed by atoms with van der Waals surface area (Å²) in [5.74, 6) is -1.66. The quantitative estimate of drug-likeness (QED) is 0.607. The Bertz CT molecular complexity index is 422. The molecule has 1 saturated heterocycles. The van der Waals surface area contributed by atoms with Crippen LogP contribution in [0.1, 0.15) is 6.92 Å². The van der Waals surface area contributed by atoms with Crippen molar-refractivity contribution in [3.05, 3.63) is 9.93 Å². The predicted molar refractivity (Wildman–Crippen MR) is 67.6 cm³/mol. The average molecular weight is 291 g/mol. The number of aliphatic hydroxyl groups is 2. The molecule has 0 bridgehead atoms. The molecule has 0 radical (unpaired) electrons. The Morgan fingerprint density at radius 1 is 1.61 bits per heavy atom. The van der Waals surface area contributed by atoms with Crippen molar-refractivity contribution in [2.24, 2.45) is 5.92 Å². The van der Waals surface area contributed by atoms with Gasteiger partial charge in [0, 0.05) is 5.75 Å². The van der Waals surface area contributed by atoms with Crippen molar-refractivity contribution in [3.63, 3.8) is 0 Å². The van der Waals surface area contributed by atoms with Gasteiger partial charge in [-0.1, -0.05) is 11.8 Å². The van der Waals surface area contributed by atoms with Crippen LogP contribution in [0.5, 0.6) is 0 Å². The minimum absolute atomic E-state index is 0.0228. The number of aliphatic hydroxyl groups excluding tert-OH is 2. The maximum absolute atomic E-state index is 11.8. The fourth-order valence-corrected chi connectivity index (χ4v) is 4.73. The first-order chi connectivity index (χ1) is 8.49. The topological polar surface area (TPSA) is 98.1 Å². The molecule has 6 nitrogen and oxygen atoms in total. The van der Waals surface area contributed by atoms with Crippen LogP contribution in [0.15, 0.2) is 9.93 Å². The van der Waals surface area contributed by atoms with Crippen LogP contribution < -0.4 is 0 Å². The molecule has 0 saturated carbocycles. The third-order valence-electron chi connectivity index (χ3n) is 2.79. The number of hydrogen-bond donors (Lipinski definition) is 3. The van der Waals surface area contributed by atoms with Crippen LogP contribution in [0.3, 0.4) is 0 Å². The fraction of sp³-hybridized carbons (Fsp3) is 0.600. The second kappa shape index (κ2) is 5.12. The maximum Gasteiger partial charge on any atom is 0.354 e. The monoisotopic (exact) mass is 291 g/mol. The van der Waals surface area contributed by atoms with Gasteiger partial charge in [0.25, 0.3) is 0 Å². The molecule has 2 heterocycles. The minimum atomic E-state index is -1.15. The van der Waals surface area contributed by atoms with E-state index < -0.39 is 18.0 Å². The lowest BCUT2D eigenvalue weighted by molar-refractivity contribution is -0.156. The molecule has 1 amide bonds. The molecule has 0 aromatic heterocycles. The molecule has 2 aliphatic heterocycles. The Hall–Kier alpha value is -0.700. The van der Waals surface area contributed by atoms with Crippen molar-refractivity contribution in [1.82, 2.24) is 4.90 Å². The summed E-state index contributed by atoms with van der Waals surface area (Å²) < 4.78 is 0.526. The third-order valence-corrected chi connectivity index (χ3v) is 5.43. The van der Waals surface area contributed by atoms with E-state index in [1.807, 2.05) is 0 Å². The van der Waals surface area contributed by atoms with E-state index in [1.54, 1.807) is 0 Å². The summed E-state index contributed by atoms with van der Waals surface area (Å²) in [7, 11) is 0. The van der Waals surface area contributed by atoms with Crippen LogP contribution in [-0.2, 0) is 9.59 Å². The van der Waals surface area contributed by atoms with Gasteiger partial charge in [-0.2, -0.15) is 0 Å². The van der Waals surface area contributed by atoms with Crippen LogP contribution in [0.25, 0.3) is 0 Å². The third kappa shape index (κ3) is 2.03. The highest BCUT2D eigenvalue weighted by molar-refractivity contribution is 8.22. The number of thioether (sulfide) groups is 2. The second-order valence-electron chi connectivity index (χ2n) is 4.00. The van der Waals surface area contributed by atoms with E-state index in [9.17, 15) is 14.7 Å². The molecular weight excluding hydrogens is 278 g/mol. The highest BCUT2D eigenvalue weighted by Gasteiger charge is 2.57. The Balaban J connectivity index is 2.21. The van der Waals surface area contributed by atoms with Gasteiger partial charge < -0.3 is 15.3 Å². The van der Waals surface area contributed by atoms with Gasteiger partial charge in [-0.3, -0.25) is 9.69 Å². The van der Waals surface area contributed by atoms with Crippen molar-refractivity contribution < 1.29 is 24.9 Å². The zero-order valence-corrected chi connectivity index (χ0v) is 11.2. The van der Waals surface area contributed by atoms with Crippen LogP contribution in [-0.4, -0.2) is 55.9 Å². The summed E-state index contributed by atoms with van der Waals surface area (Å²) >= 11 is 2.49. The lowest BCUT2D eigenvalue weighted by atomic mass is 9.92. The molecule has 8 heteroatoms. The van der Waals surface area contributed by atoms with Crippen LogP contribution >= 0.6 is 23.5 Å². The molecule has 0 aliphatic carbocycles. The molecule has 3 N–H and O–H groups in total. The van der Waals surface area contributed by atoms with Gasteiger partial charge in [0.1, 0.15) is 5.37 Å². The van der Waals surface area contributed by atoms with Crippen LogP contribution in [0.2, 0.25) is 0 Å². The van der Waals surface area contributed by atoms with Gasteiger partial charge in [-0.25, -0.2) is 4.79 Å². The number of nitrogens with zero attached hydrogens (tertiary/aromatic N) is 1. The Morgan fingerprint density at radius 2 is 2.28 bits per heavy atom. The number of carboxylic acid groups (broad SMARTS) is 1. The fourth-order valence-electron chi connectivity index (χ4n) is 1.99. The molecule has 2 rings (SSSR count). The van der Waals surface area contributed by atoms with E-state index in [-0.39, 0.29) is 23.6 Å². The predicted octanol–water partition coefficient (Wildman–Crippen LogP) is -0.122. The standard InChI is InChI=1S/C10H13NO5S2/c1-4(13)5-7(14)11-6(9(15)16)10(17-3-2-12)18-8(5)11/h4-5,8,12-13H,2-3H2,1H3,(H,15,16)/t4?,5?,8-/m1/s1. The molecule has 100 valence electrons. The van der Waals surface area contributed by atoms with Gasteiger partial charge >= 0.3 is 5.97 Å². The van der Waals surface area contributed by atoms with Gasteiger partial charge in [0.05, 0.1) is 22.9 Å². The summed E-state index contributed by atoms with van der Waals surface area (Å²) in [6, 6.07) is 0. The Labute approximate surface area is 112 Å². The van der Waals surface area contributed by atoms with E-state index in [2.05, 4.69) is 0 Å². The zero-order valence-electron chi connectivity index (χ0n) is 9.57. The highest BCUT2D eigenvalue weighted by atomic mass is 32.2. The van der Waals surface area contributed by atoms with Gasteiger partial charge in [-0.15, -0.1) is 11.8 Å². The number of carboxylic acids is 1. The van der Waals surface area contributed by atoms with E-state index in [1.165, 1.54) is 35.3 Å². The molecule has 0 aromatic rings. The number of aliphatic carboxylic acids is 1. The molecule has 3 atom stereocenters. The lowest BCUT2D eigenvalue weighted by Crippen LogP contribution is -2.60. The summed E-state index contributed by atoms with van der Waals surface area (Å²) in [6.07, 6.45) is -0.788. The SMILES string of the molecule is CC(O)C1C(=O)N2C(C(=O)O)=C(SCCO)S[C@H]12. The number of β-lactam (4-membered cyclic amide) rings is 1. The number of carbonyl (C=O) groups excluding carboxylic acids is 1. The van der Waals surface area contributed by atoms with Crippen molar-refractivity contribution in [1.29, 1.82) is 0 Å². The Kier molecular flexibility index (Phi) is 3.90. The minimum Gasteiger partial charge on any atom is -0.477 e. The normalized spacial score (nSPS) is 28.2. The summed E-state index contributed by atoms with van der Waals surface area (Å²) in [4.78, 5) is 24.2. The van der Waals surface area contributed by atoms with Crippen LogP contribution in [0.4, 0.5) is 0 Å². The van der Waals surface area contributed by atoms with E-state index in [4.69, 9.17) is 10.2 Å². The number of hydrogen-bond acceptors (Lipinski definition) is 6. The summed E-state index contributed by atoms with van der Waals surface area (Å²) in [5.41, 5.74) is -0.0228. The van der Waals surface area contributed by atoms with Gasteiger partial charge in [-0.05, 0) is 6.92 Å². The maximum atomic E-state index is 11.8. The van der Waals surface area contributed by atoms with Crippen LogP contribution in [0, 0.1) is 5.92 Å². The molecule has 0 spiro atoms. The smallest absolute Gasteiger partial charge is 0.354 e. The molecule has 2 aliphatic rings. The van der Waals surface area contributed by atoms with Gasteiger partial charge in [0.15, 0.2) is 5.70 Å². The molecule has 0 aromatic carbocycles. The first kappa shape index (κ1) is 13.7. The average Bonchev–Trinajstić information content (AvgIpc) is 2.60. The van der Waals surface area contributed by atoms with Crippen molar-refractivity contribution in [2.75, 3.05) is 12.4 Å². The number of carbonyl (C=O) groups is 2. The second-order valence-corrected chi connectivity index (χ2v) is 6.49.